The van der Waals surface area contributed by atoms with Crippen molar-refractivity contribution in [2.75, 3.05) is 17.3 Å². The van der Waals surface area contributed by atoms with E-state index >= 15 is 0 Å². The lowest BCUT2D eigenvalue weighted by Gasteiger charge is -2.45. The van der Waals surface area contributed by atoms with E-state index in [-0.39, 0.29) is 11.8 Å². The minimum absolute atomic E-state index is 0.316. The predicted octanol–water partition coefficient (Wildman–Crippen LogP) is 7.80. The number of alkyl carbamates (subject to hydrolysis) is 1. The van der Waals surface area contributed by atoms with Crippen LogP contribution in [0.25, 0.3) is 10.8 Å². The Bertz CT molecular complexity index is 1430. The predicted molar refractivity (Wildman–Crippen MR) is 179 cm³/mol. The lowest BCUT2D eigenvalue weighted by atomic mass is 9.88. The summed E-state index contributed by atoms with van der Waals surface area (Å²) in [5.74, 6) is 0.000685. The van der Waals surface area contributed by atoms with Crippen molar-refractivity contribution in [3.63, 3.8) is 0 Å². The first-order valence-corrected chi connectivity index (χ1v) is 16.2. The molecule has 8 heteroatoms. The molecule has 3 aromatic carbocycles. The molecule has 0 aliphatic rings. The summed E-state index contributed by atoms with van der Waals surface area (Å²) in [5, 5.41) is 8.03. The molecule has 0 heterocycles. The standard InChI is InChI=1S/C35H47N3O4S/c1-10-35(7,8)38(32(40)28(20-21-43-9)37-33(41)42-34(4,5)6)30(29-23(2)14-13-15-24(29)3)31(39)36-27-19-18-25-16-11-12-17-26(25)22-27/h11-19,22,28,30H,10,20-21H2,1-9H3,(H,36,39)(H,37,41). The van der Waals surface area contributed by atoms with Crippen molar-refractivity contribution in [1.29, 1.82) is 0 Å². The quantitative estimate of drug-likeness (QED) is 0.233. The monoisotopic (exact) mass is 605 g/mol. The maximum Gasteiger partial charge on any atom is 0.408 e. The molecule has 0 fully saturated rings. The van der Waals surface area contributed by atoms with Gasteiger partial charge in [-0.25, -0.2) is 4.79 Å². The number of thioether (sulfide) groups is 1. The summed E-state index contributed by atoms with van der Waals surface area (Å²) in [6, 6.07) is 17.8. The van der Waals surface area contributed by atoms with E-state index in [1.165, 1.54) is 0 Å². The summed E-state index contributed by atoms with van der Waals surface area (Å²) in [6.45, 7) is 15.2. The molecule has 0 radical (unpaired) electrons. The maximum atomic E-state index is 14.7. The average Bonchev–Trinajstić information content (AvgIpc) is 2.93. The van der Waals surface area contributed by atoms with Crippen LogP contribution in [0, 0.1) is 13.8 Å². The van der Waals surface area contributed by atoms with Crippen LogP contribution in [0.3, 0.4) is 0 Å². The average molecular weight is 606 g/mol. The third-order valence-electron chi connectivity index (χ3n) is 7.69. The number of nitrogens with zero attached hydrogens (tertiary/aromatic N) is 1. The van der Waals surface area contributed by atoms with Crippen LogP contribution in [0.2, 0.25) is 0 Å². The van der Waals surface area contributed by atoms with E-state index in [0.717, 1.165) is 27.5 Å². The number of nitrogens with one attached hydrogen (secondary N) is 2. The lowest BCUT2D eigenvalue weighted by molar-refractivity contribution is -0.147. The van der Waals surface area contributed by atoms with E-state index in [9.17, 15) is 14.4 Å². The Kier molecular flexibility index (Phi) is 11.3. The number of carbonyl (C=O) groups is 3. The smallest absolute Gasteiger partial charge is 0.408 e. The van der Waals surface area contributed by atoms with Crippen molar-refractivity contribution in [2.45, 2.75) is 91.5 Å². The number of benzene rings is 3. The lowest BCUT2D eigenvalue weighted by Crippen LogP contribution is -2.59. The van der Waals surface area contributed by atoms with Crippen molar-refractivity contribution in [3.8, 4) is 0 Å². The molecule has 7 nitrogen and oxygen atoms in total. The molecule has 3 rings (SSSR count). The molecule has 0 saturated carbocycles. The molecule has 0 saturated heterocycles. The molecular formula is C35H47N3O4S. The normalized spacial score (nSPS) is 13.2. The molecule has 232 valence electrons. The van der Waals surface area contributed by atoms with E-state index in [2.05, 4.69) is 10.6 Å². The van der Waals surface area contributed by atoms with Gasteiger partial charge in [0.05, 0.1) is 0 Å². The molecular weight excluding hydrogens is 558 g/mol. The number of rotatable bonds is 11. The second-order valence-corrected chi connectivity index (χ2v) is 13.6. The summed E-state index contributed by atoms with van der Waals surface area (Å²) in [7, 11) is 0. The van der Waals surface area contributed by atoms with Gasteiger partial charge in [0, 0.05) is 11.2 Å². The molecule has 0 aromatic heterocycles. The summed E-state index contributed by atoms with van der Waals surface area (Å²) >= 11 is 1.59. The van der Waals surface area contributed by atoms with Crippen LogP contribution in [0.5, 0.6) is 0 Å². The Morgan fingerprint density at radius 1 is 0.907 bits per heavy atom. The van der Waals surface area contributed by atoms with Crippen molar-refractivity contribution in [1.82, 2.24) is 10.2 Å². The third-order valence-corrected chi connectivity index (χ3v) is 8.34. The van der Waals surface area contributed by atoms with Gasteiger partial charge >= 0.3 is 6.09 Å². The van der Waals surface area contributed by atoms with Gasteiger partial charge in [0.2, 0.25) is 5.91 Å². The summed E-state index contributed by atoms with van der Waals surface area (Å²) < 4.78 is 5.53. The second kappa shape index (κ2) is 14.3. The summed E-state index contributed by atoms with van der Waals surface area (Å²) in [6.07, 6.45) is 2.27. The third kappa shape index (κ3) is 8.75. The fourth-order valence-corrected chi connectivity index (χ4v) is 5.64. The zero-order valence-corrected chi connectivity index (χ0v) is 27.9. The molecule has 0 aliphatic heterocycles. The molecule has 0 spiro atoms. The molecule has 3 aromatic rings. The zero-order valence-electron chi connectivity index (χ0n) is 27.0. The number of ether oxygens (including phenoxy) is 1. The highest BCUT2D eigenvalue weighted by atomic mass is 32.2. The molecule has 0 aliphatic carbocycles. The number of hydrogen-bond donors (Lipinski definition) is 2. The van der Waals surface area contributed by atoms with Crippen molar-refractivity contribution < 1.29 is 19.1 Å². The number of hydrogen-bond acceptors (Lipinski definition) is 5. The number of aryl methyl sites for hydroxylation is 2. The Hall–Kier alpha value is -3.52. The molecule has 43 heavy (non-hydrogen) atoms. The van der Waals surface area contributed by atoms with Gasteiger partial charge in [-0.1, -0.05) is 55.5 Å². The van der Waals surface area contributed by atoms with Crippen LogP contribution >= 0.6 is 11.8 Å². The Balaban J connectivity index is 2.15. The summed E-state index contributed by atoms with van der Waals surface area (Å²) in [4.78, 5) is 43.8. The largest absolute Gasteiger partial charge is 0.444 e. The van der Waals surface area contributed by atoms with E-state index in [1.807, 2.05) is 102 Å². The minimum Gasteiger partial charge on any atom is -0.444 e. The first-order valence-electron chi connectivity index (χ1n) is 14.9. The highest BCUT2D eigenvalue weighted by Gasteiger charge is 2.44. The maximum absolute atomic E-state index is 14.7. The van der Waals surface area contributed by atoms with Crippen LogP contribution in [0.4, 0.5) is 10.5 Å². The fourth-order valence-electron chi connectivity index (χ4n) is 5.17. The Labute approximate surface area is 261 Å². The van der Waals surface area contributed by atoms with Gasteiger partial charge in [0.1, 0.15) is 17.7 Å². The van der Waals surface area contributed by atoms with Gasteiger partial charge in [-0.15, -0.1) is 0 Å². The van der Waals surface area contributed by atoms with Crippen molar-refractivity contribution in [3.05, 3.63) is 77.4 Å². The van der Waals surface area contributed by atoms with Crippen LogP contribution in [0.15, 0.2) is 60.7 Å². The van der Waals surface area contributed by atoms with Gasteiger partial charge in [-0.3, -0.25) is 9.59 Å². The molecule has 0 bridgehead atoms. The Morgan fingerprint density at radius 3 is 2.12 bits per heavy atom. The number of fused-ring (bicyclic) bond motifs is 1. The first kappa shape index (κ1) is 34.0. The fraction of sp³-hybridized carbons (Fsp3) is 0.457. The van der Waals surface area contributed by atoms with Gasteiger partial charge in [-0.2, -0.15) is 11.8 Å². The molecule has 2 N–H and O–H groups in total. The van der Waals surface area contributed by atoms with E-state index < -0.39 is 29.3 Å². The number of carbonyl (C=O) groups excluding carboxylic acids is 3. The molecule has 3 amide bonds. The van der Waals surface area contributed by atoms with Crippen molar-refractivity contribution >= 4 is 46.1 Å². The Morgan fingerprint density at radius 2 is 1.53 bits per heavy atom. The van der Waals surface area contributed by atoms with Gasteiger partial charge in [-0.05, 0) is 113 Å². The molecule has 2 unspecified atom stereocenters. The van der Waals surface area contributed by atoms with E-state index in [0.29, 0.717) is 24.3 Å². The highest BCUT2D eigenvalue weighted by Crippen LogP contribution is 2.36. The number of amides is 3. The van der Waals surface area contributed by atoms with E-state index in [4.69, 9.17) is 4.74 Å². The van der Waals surface area contributed by atoms with Crippen LogP contribution in [0.1, 0.15) is 77.1 Å². The van der Waals surface area contributed by atoms with Gasteiger partial charge < -0.3 is 20.3 Å². The zero-order chi connectivity index (χ0) is 31.9. The van der Waals surface area contributed by atoms with Gasteiger partial charge in [0.25, 0.3) is 5.91 Å². The highest BCUT2D eigenvalue weighted by molar-refractivity contribution is 7.98. The summed E-state index contributed by atoms with van der Waals surface area (Å²) in [5.41, 5.74) is 1.78. The molecule has 2 atom stereocenters. The van der Waals surface area contributed by atoms with Gasteiger partial charge in [0.15, 0.2) is 0 Å². The topological polar surface area (TPSA) is 87.7 Å². The van der Waals surface area contributed by atoms with Crippen LogP contribution < -0.4 is 10.6 Å². The van der Waals surface area contributed by atoms with E-state index in [1.54, 1.807) is 37.4 Å². The first-order chi connectivity index (χ1) is 20.2. The number of anilines is 1. The second-order valence-electron chi connectivity index (χ2n) is 12.6. The van der Waals surface area contributed by atoms with Crippen LogP contribution in [-0.2, 0) is 14.3 Å². The minimum atomic E-state index is -0.952. The SMILES string of the molecule is CCC(C)(C)N(C(=O)C(CCSC)NC(=O)OC(C)(C)C)C(C(=O)Nc1ccc2ccccc2c1)c1c(C)cccc1C. The van der Waals surface area contributed by atoms with Crippen LogP contribution in [-0.4, -0.2) is 52.0 Å². The van der Waals surface area contributed by atoms with Crippen molar-refractivity contribution in [2.24, 2.45) is 0 Å².